The number of nitro groups is 1. The van der Waals surface area contributed by atoms with Crippen molar-refractivity contribution in [1.29, 1.82) is 5.26 Å². The molecule has 0 saturated carbocycles. The van der Waals surface area contributed by atoms with Gasteiger partial charge >= 0.3 is 17.8 Å². The minimum atomic E-state index is -1.31. The first kappa shape index (κ1) is 27.9. The number of nitrogens with zero attached hydrogens (tertiary/aromatic N) is 3. The molecule has 0 fully saturated rings. The predicted octanol–water partition coefficient (Wildman–Crippen LogP) is 3.32. The summed E-state index contributed by atoms with van der Waals surface area (Å²) in [5, 5.41) is 31.0. The Bertz CT molecular complexity index is 994. The molecule has 0 aliphatic heterocycles. The van der Waals surface area contributed by atoms with Gasteiger partial charge in [0.25, 0.3) is 5.91 Å². The summed E-state index contributed by atoms with van der Waals surface area (Å²) in [4.78, 5) is 48.1. The number of methoxy groups -OCH3 is 1. The Morgan fingerprint density at radius 3 is 2.41 bits per heavy atom. The van der Waals surface area contributed by atoms with E-state index in [-0.39, 0.29) is 17.6 Å². The van der Waals surface area contributed by atoms with Crippen LogP contribution in [0.3, 0.4) is 0 Å². The standard InChI is InChI=1S/C22H27N3O9/c1-5-8-16(12-19(26)32-4)33-22(29)34-18-11-14(10-17(20(18)27)25(30)31)9-15(13-23)21(28)24(6-2)7-3/h9-11,16,27H,5-8,12H2,1-4H3/b15-9+. The monoisotopic (exact) mass is 477 g/mol. The molecular formula is C22H27N3O9. The highest BCUT2D eigenvalue weighted by molar-refractivity contribution is 6.01. The lowest BCUT2D eigenvalue weighted by Gasteiger charge is -2.18. The van der Waals surface area contributed by atoms with Gasteiger partial charge in [-0.1, -0.05) is 13.3 Å². The normalized spacial score (nSPS) is 11.7. The second kappa shape index (κ2) is 13.4. The molecule has 0 aromatic heterocycles. The molecule has 184 valence electrons. The zero-order chi connectivity index (χ0) is 25.8. The number of phenolic OH excluding ortho intramolecular Hbond substituents is 1. The molecule has 0 radical (unpaired) electrons. The number of carbonyl (C=O) groups excluding carboxylic acids is 3. The smallest absolute Gasteiger partial charge is 0.499 e. The van der Waals surface area contributed by atoms with Gasteiger partial charge in [-0.3, -0.25) is 19.7 Å². The Kier molecular flexibility index (Phi) is 11.0. The van der Waals surface area contributed by atoms with E-state index in [1.807, 2.05) is 0 Å². The molecule has 12 heteroatoms. The van der Waals surface area contributed by atoms with Crippen molar-refractivity contribution >= 4 is 29.8 Å². The third-order valence-corrected chi connectivity index (χ3v) is 4.68. The van der Waals surface area contributed by atoms with Crippen molar-refractivity contribution in [3.8, 4) is 17.6 Å². The van der Waals surface area contributed by atoms with Crippen LogP contribution in [0, 0.1) is 21.4 Å². The third kappa shape index (κ3) is 7.77. The topological polar surface area (TPSA) is 169 Å². The molecule has 0 spiro atoms. The molecule has 1 atom stereocenters. The molecule has 0 aliphatic rings. The lowest BCUT2D eigenvalue weighted by molar-refractivity contribution is -0.385. The van der Waals surface area contributed by atoms with Crippen molar-refractivity contribution < 1.29 is 38.6 Å². The van der Waals surface area contributed by atoms with E-state index in [9.17, 15) is 34.9 Å². The van der Waals surface area contributed by atoms with Crippen LogP contribution in [0.4, 0.5) is 10.5 Å². The largest absolute Gasteiger partial charge is 0.514 e. The fraction of sp³-hybridized carbons (Fsp3) is 0.455. The quantitative estimate of drug-likeness (QED) is 0.124. The van der Waals surface area contributed by atoms with E-state index < -0.39 is 46.2 Å². The van der Waals surface area contributed by atoms with Gasteiger partial charge < -0.3 is 24.2 Å². The Labute approximate surface area is 196 Å². The van der Waals surface area contributed by atoms with Crippen LogP contribution < -0.4 is 4.74 Å². The molecule has 0 aliphatic carbocycles. The number of hydrogen-bond donors (Lipinski definition) is 1. The first-order chi connectivity index (χ1) is 16.1. The highest BCUT2D eigenvalue weighted by atomic mass is 16.7. The Balaban J connectivity index is 3.32. The van der Waals surface area contributed by atoms with Crippen LogP contribution in [0.1, 0.15) is 45.6 Å². The molecule has 1 unspecified atom stereocenters. The highest BCUT2D eigenvalue weighted by Gasteiger charge is 2.25. The number of ether oxygens (including phenoxy) is 3. The maximum Gasteiger partial charge on any atom is 0.514 e. The Morgan fingerprint density at radius 1 is 1.26 bits per heavy atom. The summed E-state index contributed by atoms with van der Waals surface area (Å²) in [6.07, 6.45) is -0.438. The summed E-state index contributed by atoms with van der Waals surface area (Å²) in [7, 11) is 1.18. The van der Waals surface area contributed by atoms with Gasteiger partial charge in [-0.2, -0.15) is 5.26 Å². The minimum Gasteiger partial charge on any atom is -0.499 e. The van der Waals surface area contributed by atoms with E-state index in [4.69, 9.17) is 9.47 Å². The maximum atomic E-state index is 12.5. The van der Waals surface area contributed by atoms with Crippen LogP contribution in [0.5, 0.6) is 11.5 Å². The summed E-state index contributed by atoms with van der Waals surface area (Å²) >= 11 is 0. The van der Waals surface area contributed by atoms with Crippen LogP contribution >= 0.6 is 0 Å². The van der Waals surface area contributed by atoms with E-state index in [0.717, 1.165) is 18.2 Å². The van der Waals surface area contributed by atoms with Crippen molar-refractivity contribution in [2.24, 2.45) is 0 Å². The van der Waals surface area contributed by atoms with E-state index in [0.29, 0.717) is 25.9 Å². The molecule has 1 aromatic carbocycles. The number of nitriles is 1. The molecule has 0 saturated heterocycles. The average molecular weight is 477 g/mol. The van der Waals surface area contributed by atoms with Gasteiger partial charge in [0.15, 0.2) is 5.75 Å². The molecule has 1 rings (SSSR count). The Hall–Kier alpha value is -4.14. The van der Waals surface area contributed by atoms with Gasteiger partial charge in [-0.05, 0) is 38.0 Å². The molecule has 12 nitrogen and oxygen atoms in total. The second-order valence-electron chi connectivity index (χ2n) is 6.95. The van der Waals surface area contributed by atoms with Crippen LogP contribution in [0.15, 0.2) is 17.7 Å². The molecular weight excluding hydrogens is 450 g/mol. The fourth-order valence-electron chi connectivity index (χ4n) is 2.95. The Morgan fingerprint density at radius 2 is 1.91 bits per heavy atom. The number of benzene rings is 1. The number of esters is 1. The second-order valence-corrected chi connectivity index (χ2v) is 6.95. The predicted molar refractivity (Wildman–Crippen MR) is 119 cm³/mol. The number of likely N-dealkylation sites (N-methyl/N-ethyl adjacent to an activating group) is 1. The molecule has 1 N–H and O–H groups in total. The van der Waals surface area contributed by atoms with Crippen LogP contribution in [-0.2, 0) is 19.1 Å². The maximum absolute atomic E-state index is 12.5. The first-order valence-electron chi connectivity index (χ1n) is 10.5. The summed E-state index contributed by atoms with van der Waals surface area (Å²) in [5.41, 5.74) is -1.16. The van der Waals surface area contributed by atoms with Crippen LogP contribution in [-0.4, -0.2) is 59.3 Å². The van der Waals surface area contributed by atoms with Gasteiger partial charge in [-0.25, -0.2) is 4.79 Å². The summed E-state index contributed by atoms with van der Waals surface area (Å²) < 4.78 is 14.6. The van der Waals surface area contributed by atoms with Gasteiger partial charge in [-0.15, -0.1) is 0 Å². The minimum absolute atomic E-state index is 0.0379. The summed E-state index contributed by atoms with van der Waals surface area (Å²) in [5.74, 6) is -2.77. The lowest BCUT2D eigenvalue weighted by Crippen LogP contribution is -2.31. The first-order valence-corrected chi connectivity index (χ1v) is 10.5. The number of phenols is 1. The molecule has 0 heterocycles. The van der Waals surface area contributed by atoms with Crippen molar-refractivity contribution in [1.82, 2.24) is 4.90 Å². The molecule has 34 heavy (non-hydrogen) atoms. The fourth-order valence-corrected chi connectivity index (χ4v) is 2.95. The van der Waals surface area contributed by atoms with Crippen molar-refractivity contribution in [2.45, 2.75) is 46.1 Å². The van der Waals surface area contributed by atoms with Crippen LogP contribution in [0.25, 0.3) is 6.08 Å². The number of aromatic hydroxyl groups is 1. The number of amides is 1. The van der Waals surface area contributed by atoms with Crippen molar-refractivity contribution in [3.05, 3.63) is 33.4 Å². The molecule has 1 aromatic rings. The lowest BCUT2D eigenvalue weighted by atomic mass is 10.1. The average Bonchev–Trinajstić information content (AvgIpc) is 2.79. The van der Waals surface area contributed by atoms with Gasteiger partial charge in [0, 0.05) is 19.2 Å². The van der Waals surface area contributed by atoms with E-state index in [1.54, 1.807) is 26.8 Å². The third-order valence-electron chi connectivity index (χ3n) is 4.68. The zero-order valence-corrected chi connectivity index (χ0v) is 19.4. The van der Waals surface area contributed by atoms with E-state index in [2.05, 4.69) is 4.74 Å². The number of rotatable bonds is 11. The number of nitro benzene ring substituents is 1. The number of hydrogen-bond acceptors (Lipinski definition) is 10. The highest BCUT2D eigenvalue weighted by Crippen LogP contribution is 2.38. The summed E-state index contributed by atoms with van der Waals surface area (Å²) in [6.45, 7) is 5.94. The SMILES string of the molecule is CCCC(CC(=O)OC)OC(=O)Oc1cc(/C=C(\C#N)C(=O)N(CC)CC)cc([N+](=O)[O-])c1O. The van der Waals surface area contributed by atoms with Crippen molar-refractivity contribution in [3.63, 3.8) is 0 Å². The van der Waals surface area contributed by atoms with Gasteiger partial charge in [0.1, 0.15) is 17.7 Å². The van der Waals surface area contributed by atoms with Gasteiger partial charge in [0.2, 0.25) is 5.75 Å². The summed E-state index contributed by atoms with van der Waals surface area (Å²) in [6, 6.07) is 3.72. The molecule has 1 amide bonds. The van der Waals surface area contributed by atoms with Crippen molar-refractivity contribution in [2.75, 3.05) is 20.2 Å². The van der Waals surface area contributed by atoms with E-state index in [1.165, 1.54) is 12.0 Å². The van der Waals surface area contributed by atoms with Crippen LogP contribution in [0.2, 0.25) is 0 Å². The van der Waals surface area contributed by atoms with E-state index >= 15 is 0 Å². The molecule has 0 bridgehead atoms. The zero-order valence-electron chi connectivity index (χ0n) is 19.4. The van der Waals surface area contributed by atoms with Gasteiger partial charge in [0.05, 0.1) is 18.5 Å². The number of carbonyl (C=O) groups is 3.